The molecule has 7 heteroatoms. The number of amides is 1. The Kier molecular flexibility index (Phi) is 5.35. The number of benzene rings is 2. The van der Waals surface area contributed by atoms with E-state index in [1.54, 1.807) is 23.1 Å². The first-order chi connectivity index (χ1) is 15.4. The Morgan fingerprint density at radius 1 is 1.16 bits per heavy atom. The van der Waals surface area contributed by atoms with E-state index < -0.39 is 5.92 Å². The number of aromatic nitrogens is 2. The fourth-order valence-electron chi connectivity index (χ4n) is 3.94. The van der Waals surface area contributed by atoms with Gasteiger partial charge in [0.05, 0.1) is 25.3 Å². The summed E-state index contributed by atoms with van der Waals surface area (Å²) in [4.78, 5) is 14.1. The van der Waals surface area contributed by atoms with E-state index in [9.17, 15) is 13.6 Å². The van der Waals surface area contributed by atoms with Crippen molar-refractivity contribution in [3.63, 3.8) is 0 Å². The molecule has 1 aliphatic heterocycles. The number of carbonyl (C=O) groups is 1. The minimum atomic E-state index is -2.56. The number of alkyl halides is 2. The zero-order valence-electron chi connectivity index (χ0n) is 17.5. The van der Waals surface area contributed by atoms with Crippen LogP contribution in [0.25, 0.3) is 17.2 Å². The van der Waals surface area contributed by atoms with Crippen molar-refractivity contribution in [2.75, 3.05) is 18.4 Å². The van der Waals surface area contributed by atoms with E-state index in [2.05, 4.69) is 16.6 Å². The maximum absolute atomic E-state index is 13.0. The van der Waals surface area contributed by atoms with E-state index in [0.29, 0.717) is 18.3 Å². The fourth-order valence-corrected chi connectivity index (χ4v) is 3.94. The number of hydrogen-bond donors (Lipinski definition) is 1. The van der Waals surface area contributed by atoms with Gasteiger partial charge in [0.1, 0.15) is 0 Å². The van der Waals surface area contributed by atoms with Gasteiger partial charge in [0, 0.05) is 31.5 Å². The summed E-state index contributed by atoms with van der Waals surface area (Å²) in [6.07, 6.45) is 9.61. The summed E-state index contributed by atoms with van der Waals surface area (Å²) in [5.41, 5.74) is 4.61. The van der Waals surface area contributed by atoms with Crippen molar-refractivity contribution in [2.24, 2.45) is 0 Å². The summed E-state index contributed by atoms with van der Waals surface area (Å²) < 4.78 is 27.9. The minimum Gasteiger partial charge on any atom is -0.323 e. The summed E-state index contributed by atoms with van der Waals surface area (Å²) in [5.74, 6) is -2.79. The van der Waals surface area contributed by atoms with Gasteiger partial charge < -0.3 is 5.32 Å². The van der Waals surface area contributed by atoms with Crippen molar-refractivity contribution in [3.8, 4) is 11.1 Å². The first-order valence-electron chi connectivity index (χ1n) is 10.8. The summed E-state index contributed by atoms with van der Waals surface area (Å²) >= 11 is 0. The number of hydrogen-bond acceptors (Lipinski definition) is 3. The molecule has 1 aliphatic carbocycles. The van der Waals surface area contributed by atoms with E-state index in [0.717, 1.165) is 22.3 Å². The second-order valence-corrected chi connectivity index (χ2v) is 8.55. The summed E-state index contributed by atoms with van der Waals surface area (Å²) in [6.45, 7) is 0.0933. The quantitative estimate of drug-likeness (QED) is 0.516. The van der Waals surface area contributed by atoms with E-state index in [4.69, 9.17) is 0 Å². The number of nitrogens with zero attached hydrogens (tertiary/aromatic N) is 3. The molecule has 1 saturated carbocycles. The lowest BCUT2D eigenvalue weighted by Gasteiger charge is -2.38. The average Bonchev–Trinajstić information content (AvgIpc) is 3.49. The second kappa shape index (κ2) is 8.31. The Bertz CT molecular complexity index is 1150. The Labute approximate surface area is 186 Å². The van der Waals surface area contributed by atoms with Crippen LogP contribution < -0.4 is 5.32 Å². The van der Waals surface area contributed by atoms with Crippen molar-refractivity contribution in [3.05, 3.63) is 78.1 Å². The number of carbonyl (C=O) groups excluding carboxylic acids is 1. The molecular formula is C25H26F2N4O. The molecule has 0 unspecified atom stereocenters. The van der Waals surface area contributed by atoms with Crippen LogP contribution in [0.3, 0.4) is 0 Å². The molecule has 5 nitrogen and oxygen atoms in total. The first-order valence-corrected chi connectivity index (χ1v) is 10.8. The van der Waals surface area contributed by atoms with Crippen LogP contribution >= 0.6 is 0 Å². The second-order valence-electron chi connectivity index (χ2n) is 8.55. The third-order valence-corrected chi connectivity index (χ3v) is 5.75. The van der Waals surface area contributed by atoms with Gasteiger partial charge in [-0.15, -0.1) is 0 Å². The SMILES string of the molecule is O=C(/C=C/c1ccccc1-c1cnn(C2CC2)c1)Nc1ccc(CN2CC(F)(F)C2)cc1.[HH]. The van der Waals surface area contributed by atoms with E-state index in [-0.39, 0.29) is 20.4 Å². The van der Waals surface area contributed by atoms with Gasteiger partial charge in [-0.2, -0.15) is 5.10 Å². The highest BCUT2D eigenvalue weighted by atomic mass is 19.3. The monoisotopic (exact) mass is 436 g/mol. The van der Waals surface area contributed by atoms with Gasteiger partial charge in [0.2, 0.25) is 5.91 Å². The fraction of sp³-hybridized carbons (Fsp3) is 0.280. The zero-order chi connectivity index (χ0) is 22.1. The van der Waals surface area contributed by atoms with Gasteiger partial charge >= 0.3 is 0 Å². The molecule has 0 spiro atoms. The van der Waals surface area contributed by atoms with E-state index in [1.807, 2.05) is 47.3 Å². The maximum atomic E-state index is 13.0. The van der Waals surface area contributed by atoms with Crippen molar-refractivity contribution in [1.29, 1.82) is 0 Å². The maximum Gasteiger partial charge on any atom is 0.272 e. The minimum absolute atomic E-state index is 0. The molecule has 0 bridgehead atoms. The predicted molar refractivity (Wildman–Crippen MR) is 122 cm³/mol. The van der Waals surface area contributed by atoms with Crippen LogP contribution in [0.5, 0.6) is 0 Å². The molecule has 0 radical (unpaired) electrons. The highest BCUT2D eigenvalue weighted by molar-refractivity contribution is 6.02. The van der Waals surface area contributed by atoms with Crippen LogP contribution in [0.15, 0.2) is 67.0 Å². The Hall–Kier alpha value is -3.32. The molecule has 0 atom stereocenters. The van der Waals surface area contributed by atoms with Gasteiger partial charge in [0.25, 0.3) is 5.92 Å². The van der Waals surface area contributed by atoms with Gasteiger partial charge in [0.15, 0.2) is 0 Å². The molecule has 2 aromatic carbocycles. The van der Waals surface area contributed by atoms with Crippen molar-refractivity contribution in [1.82, 2.24) is 14.7 Å². The molecule has 166 valence electrons. The molecule has 3 aromatic rings. The molecule has 1 N–H and O–H groups in total. The number of rotatable bonds is 7. The predicted octanol–water partition coefficient (Wildman–Crippen LogP) is 5.23. The van der Waals surface area contributed by atoms with Crippen LogP contribution in [0.2, 0.25) is 0 Å². The van der Waals surface area contributed by atoms with Crippen LogP contribution in [0, 0.1) is 0 Å². The third kappa shape index (κ3) is 4.78. The van der Waals surface area contributed by atoms with Gasteiger partial charge in [-0.1, -0.05) is 36.4 Å². The molecule has 5 rings (SSSR count). The first kappa shape index (κ1) is 20.6. The topological polar surface area (TPSA) is 50.2 Å². The standard InChI is InChI=1S/C25H24F2N4O.H2/c26-25(27)16-30(17-25)14-18-5-8-21(9-6-18)29-24(32)12-7-19-3-1-2-4-23(19)20-13-28-31(15-20)22-10-11-22;/h1-9,12-13,15,22H,10-11,14,16-17H2,(H,29,32);1H/b12-7+;. The van der Waals surface area contributed by atoms with Crippen molar-refractivity contribution < 1.29 is 15.0 Å². The molecule has 32 heavy (non-hydrogen) atoms. The number of likely N-dealkylation sites (tertiary alicyclic amines) is 1. The number of anilines is 1. The molecule has 2 aliphatic rings. The van der Waals surface area contributed by atoms with Crippen LogP contribution in [-0.2, 0) is 11.3 Å². The normalized spacial score (nSPS) is 17.9. The van der Waals surface area contributed by atoms with E-state index in [1.165, 1.54) is 18.9 Å². The molecule has 1 aromatic heterocycles. The lowest BCUT2D eigenvalue weighted by molar-refractivity contribution is -0.133. The highest BCUT2D eigenvalue weighted by Gasteiger charge is 2.43. The largest absolute Gasteiger partial charge is 0.323 e. The Morgan fingerprint density at radius 2 is 1.91 bits per heavy atom. The van der Waals surface area contributed by atoms with Gasteiger partial charge in [-0.05, 0) is 47.7 Å². The van der Waals surface area contributed by atoms with Gasteiger partial charge in [-0.3, -0.25) is 14.4 Å². The highest BCUT2D eigenvalue weighted by Crippen LogP contribution is 2.35. The number of halogens is 2. The van der Waals surface area contributed by atoms with Crippen molar-refractivity contribution >= 4 is 17.7 Å². The zero-order valence-corrected chi connectivity index (χ0v) is 17.5. The van der Waals surface area contributed by atoms with Crippen LogP contribution in [0.4, 0.5) is 14.5 Å². The van der Waals surface area contributed by atoms with Crippen LogP contribution in [0.1, 0.15) is 31.4 Å². The number of nitrogens with one attached hydrogen (secondary N) is 1. The van der Waals surface area contributed by atoms with Crippen molar-refractivity contribution in [2.45, 2.75) is 31.4 Å². The smallest absolute Gasteiger partial charge is 0.272 e. The van der Waals surface area contributed by atoms with E-state index >= 15 is 0 Å². The molecule has 2 heterocycles. The summed E-state index contributed by atoms with van der Waals surface area (Å²) in [7, 11) is 0. The molecule has 1 saturated heterocycles. The van der Waals surface area contributed by atoms with Crippen LogP contribution in [-0.4, -0.2) is 39.6 Å². The lowest BCUT2D eigenvalue weighted by Crippen LogP contribution is -2.55. The Balaban J connectivity index is 0.00000259. The Morgan fingerprint density at radius 3 is 2.62 bits per heavy atom. The third-order valence-electron chi connectivity index (χ3n) is 5.75. The molecular weight excluding hydrogens is 410 g/mol. The molecule has 2 fully saturated rings. The average molecular weight is 437 g/mol. The lowest BCUT2D eigenvalue weighted by atomic mass is 10.0. The summed E-state index contributed by atoms with van der Waals surface area (Å²) in [6, 6.07) is 15.7. The van der Waals surface area contributed by atoms with Gasteiger partial charge in [-0.25, -0.2) is 8.78 Å². The summed E-state index contributed by atoms with van der Waals surface area (Å²) in [5, 5.41) is 7.31. The molecule has 1 amide bonds.